The summed E-state index contributed by atoms with van der Waals surface area (Å²) >= 11 is 0. The number of ketones is 1. The van der Waals surface area contributed by atoms with Crippen LogP contribution in [0.25, 0.3) is 0 Å². The van der Waals surface area contributed by atoms with Gasteiger partial charge in [0.25, 0.3) is 0 Å². The van der Waals surface area contributed by atoms with Crippen molar-refractivity contribution in [3.05, 3.63) is 71.3 Å². The highest BCUT2D eigenvalue weighted by atomic mass is 16.1. The predicted octanol–water partition coefficient (Wildman–Crippen LogP) is 1.93. The second-order valence-electron chi connectivity index (χ2n) is 7.76. The monoisotopic (exact) mass is 335 g/mol. The van der Waals surface area contributed by atoms with Crippen LogP contribution in [0.5, 0.6) is 0 Å². The minimum atomic E-state index is 0.108. The Kier molecular flexibility index (Phi) is 3.50. The lowest BCUT2D eigenvalue weighted by Gasteiger charge is -2.60. The summed E-state index contributed by atoms with van der Waals surface area (Å²) in [7, 11) is 0. The maximum atomic E-state index is 12.7. The average Bonchev–Trinajstić information content (AvgIpc) is 2.60. The Balaban J connectivity index is 1.40. The molecule has 6 rings (SSSR count). The van der Waals surface area contributed by atoms with Gasteiger partial charge in [0.2, 0.25) is 0 Å². The molecule has 4 bridgehead atoms. The molecule has 2 aromatic carbocycles. The van der Waals surface area contributed by atoms with Gasteiger partial charge in [-0.2, -0.15) is 0 Å². The maximum absolute atomic E-state index is 12.7. The van der Waals surface area contributed by atoms with E-state index in [-0.39, 0.29) is 5.78 Å². The molecule has 0 radical (unpaired) electrons. The van der Waals surface area contributed by atoms with Crippen LogP contribution < -0.4 is 0 Å². The van der Waals surface area contributed by atoms with Crippen molar-refractivity contribution in [3.8, 4) is 0 Å². The van der Waals surface area contributed by atoms with Crippen molar-refractivity contribution < 1.29 is 9.28 Å². The molecule has 0 amide bonds. The molecule has 0 N–H and O–H groups in total. The molecule has 0 atom stereocenters. The highest BCUT2D eigenvalue weighted by Gasteiger charge is 2.48. The van der Waals surface area contributed by atoms with Crippen LogP contribution in [0, 0.1) is 0 Å². The molecule has 2 aromatic rings. The van der Waals surface area contributed by atoms with Gasteiger partial charge in [0.1, 0.15) is 26.6 Å². The van der Waals surface area contributed by atoms with Crippen LogP contribution in [-0.2, 0) is 6.54 Å². The van der Waals surface area contributed by atoms with E-state index in [0.717, 1.165) is 62.2 Å². The van der Waals surface area contributed by atoms with E-state index in [2.05, 4.69) is 26.8 Å². The number of hydrogen-bond acceptors (Lipinski definition) is 4. The lowest BCUT2D eigenvalue weighted by atomic mass is 10.0. The van der Waals surface area contributed by atoms with Gasteiger partial charge >= 0.3 is 0 Å². The van der Waals surface area contributed by atoms with Gasteiger partial charge in [-0.1, -0.05) is 48.5 Å². The summed E-state index contributed by atoms with van der Waals surface area (Å²) in [6.07, 6.45) is 0. The topological polar surface area (TPSA) is 26.8 Å². The highest BCUT2D eigenvalue weighted by molar-refractivity contribution is 6.09. The van der Waals surface area contributed by atoms with Crippen molar-refractivity contribution in [2.75, 3.05) is 40.0 Å². The molecular weight excluding hydrogens is 312 g/mol. The number of carbonyl (C=O) groups is 1. The first-order chi connectivity index (χ1) is 12.2. The zero-order valence-electron chi connectivity index (χ0n) is 14.3. The van der Waals surface area contributed by atoms with Gasteiger partial charge in [0, 0.05) is 16.7 Å². The van der Waals surface area contributed by atoms with Gasteiger partial charge in [0.15, 0.2) is 5.78 Å². The second kappa shape index (κ2) is 5.75. The van der Waals surface area contributed by atoms with Crippen LogP contribution in [0.1, 0.15) is 21.5 Å². The summed E-state index contributed by atoms with van der Waals surface area (Å²) in [5, 5.41) is 0. The predicted molar refractivity (Wildman–Crippen MR) is 95.0 cm³/mol. The molecule has 4 fully saturated rings. The molecule has 0 unspecified atom stereocenters. The third kappa shape index (κ3) is 2.79. The molecule has 4 aliphatic rings. The summed E-state index contributed by atoms with van der Waals surface area (Å²) in [6, 6.07) is 17.8. The van der Waals surface area contributed by atoms with E-state index in [4.69, 9.17) is 0 Å². The molecule has 4 saturated heterocycles. The van der Waals surface area contributed by atoms with Gasteiger partial charge in [-0.05, 0) is 6.07 Å². The molecule has 0 aliphatic carbocycles. The number of hydrogen-bond donors (Lipinski definition) is 0. The molecule has 4 aliphatic heterocycles. The molecular formula is C20H23N4O+. The summed E-state index contributed by atoms with van der Waals surface area (Å²) in [5.41, 5.74) is 2.80. The van der Waals surface area contributed by atoms with Gasteiger partial charge in [-0.3, -0.25) is 9.28 Å². The van der Waals surface area contributed by atoms with E-state index in [1.807, 2.05) is 42.5 Å². The Morgan fingerprint density at radius 3 is 2.04 bits per heavy atom. The molecule has 5 heteroatoms. The van der Waals surface area contributed by atoms with Crippen molar-refractivity contribution in [2.24, 2.45) is 0 Å². The molecule has 0 saturated carbocycles. The Morgan fingerprint density at radius 1 is 0.800 bits per heavy atom. The minimum absolute atomic E-state index is 0.108. The standard InChI is InChI=1S/C20H23N4O/c25-20(18-6-2-1-3-7-18)19-8-4-5-17(9-19)10-24-14-21-11-22(15-24)13-23(12-21)16-24/h1-9H,10-16H2/q+1. The van der Waals surface area contributed by atoms with Crippen LogP contribution in [0.15, 0.2) is 54.6 Å². The lowest BCUT2D eigenvalue weighted by molar-refractivity contribution is -0.991. The molecule has 0 spiro atoms. The largest absolute Gasteiger partial charge is 0.289 e. The van der Waals surface area contributed by atoms with Crippen LogP contribution in [0.3, 0.4) is 0 Å². The van der Waals surface area contributed by atoms with Crippen molar-refractivity contribution in [2.45, 2.75) is 6.54 Å². The third-order valence-corrected chi connectivity index (χ3v) is 5.44. The summed E-state index contributed by atoms with van der Waals surface area (Å²) in [4.78, 5) is 20.3. The Labute approximate surface area is 148 Å². The Hall–Kier alpha value is -2.05. The van der Waals surface area contributed by atoms with Crippen molar-refractivity contribution in [1.29, 1.82) is 0 Å². The molecule has 0 aromatic heterocycles. The zero-order chi connectivity index (χ0) is 16.9. The summed E-state index contributed by atoms with van der Waals surface area (Å²) in [5.74, 6) is 0.108. The van der Waals surface area contributed by atoms with Crippen LogP contribution in [0.2, 0.25) is 0 Å². The number of benzene rings is 2. The second-order valence-corrected chi connectivity index (χ2v) is 7.76. The first-order valence-corrected chi connectivity index (χ1v) is 8.90. The maximum Gasteiger partial charge on any atom is 0.193 e. The smallest absolute Gasteiger partial charge is 0.193 e. The summed E-state index contributed by atoms with van der Waals surface area (Å²) in [6.45, 7) is 7.63. The molecule has 128 valence electrons. The van der Waals surface area contributed by atoms with Crippen molar-refractivity contribution >= 4 is 5.78 Å². The van der Waals surface area contributed by atoms with E-state index in [0.29, 0.717) is 0 Å². The number of carbonyl (C=O) groups excluding carboxylic acids is 1. The molecule has 5 nitrogen and oxygen atoms in total. The quantitative estimate of drug-likeness (QED) is 0.630. The van der Waals surface area contributed by atoms with E-state index in [1.54, 1.807) is 0 Å². The average molecular weight is 335 g/mol. The Bertz CT molecular complexity index is 769. The van der Waals surface area contributed by atoms with Crippen molar-refractivity contribution in [3.63, 3.8) is 0 Å². The number of rotatable bonds is 4. The SMILES string of the molecule is O=C(c1ccccc1)c1cccc(C[N+]23CN4CN(CN(C4)C2)C3)c1. The third-order valence-electron chi connectivity index (χ3n) is 5.44. The van der Waals surface area contributed by atoms with E-state index < -0.39 is 0 Å². The van der Waals surface area contributed by atoms with E-state index in [9.17, 15) is 4.79 Å². The van der Waals surface area contributed by atoms with Gasteiger partial charge in [-0.25, -0.2) is 14.7 Å². The number of nitrogens with zero attached hydrogens (tertiary/aromatic N) is 4. The zero-order valence-corrected chi connectivity index (χ0v) is 14.3. The fourth-order valence-corrected chi connectivity index (χ4v) is 4.76. The fraction of sp³-hybridized carbons (Fsp3) is 0.350. The summed E-state index contributed by atoms with van der Waals surface area (Å²) < 4.78 is 1.06. The first-order valence-electron chi connectivity index (χ1n) is 8.90. The van der Waals surface area contributed by atoms with Crippen LogP contribution in [-0.4, -0.2) is 65.0 Å². The van der Waals surface area contributed by atoms with Crippen molar-refractivity contribution in [1.82, 2.24) is 14.7 Å². The van der Waals surface area contributed by atoms with Gasteiger partial charge in [0.05, 0.1) is 20.0 Å². The molecule has 25 heavy (non-hydrogen) atoms. The van der Waals surface area contributed by atoms with Gasteiger partial charge < -0.3 is 0 Å². The highest BCUT2D eigenvalue weighted by Crippen LogP contribution is 2.30. The van der Waals surface area contributed by atoms with E-state index in [1.165, 1.54) is 5.56 Å². The lowest BCUT2D eigenvalue weighted by Crippen LogP contribution is -2.78. The van der Waals surface area contributed by atoms with E-state index >= 15 is 0 Å². The minimum Gasteiger partial charge on any atom is -0.289 e. The first kappa shape index (κ1) is 15.2. The normalized spacial score (nSPS) is 32.7. The fourth-order valence-electron chi connectivity index (χ4n) is 4.76. The molecule has 4 heterocycles. The Morgan fingerprint density at radius 2 is 1.40 bits per heavy atom. The van der Waals surface area contributed by atoms with Crippen LogP contribution in [0.4, 0.5) is 0 Å². The number of quaternary nitrogens is 1. The van der Waals surface area contributed by atoms with Gasteiger partial charge in [-0.15, -0.1) is 0 Å². The van der Waals surface area contributed by atoms with Crippen LogP contribution >= 0.6 is 0 Å².